The van der Waals surface area contributed by atoms with Gasteiger partial charge in [0.25, 0.3) is 11.8 Å². The first kappa shape index (κ1) is 18.1. The molecule has 0 radical (unpaired) electrons. The SMILES string of the molecule is Cc1ccc(N2C(=O)c3cccc4c(N)c(S(=O)(=O)[O-])cc(c34)C2=O)c(C)c1. The molecule has 0 unspecified atom stereocenters. The summed E-state index contributed by atoms with van der Waals surface area (Å²) in [6.45, 7) is 3.66. The highest BCUT2D eigenvalue weighted by Crippen LogP contribution is 2.39. The molecule has 2 amide bonds. The molecule has 8 heteroatoms. The Morgan fingerprint density at radius 3 is 2.29 bits per heavy atom. The first-order valence-corrected chi connectivity index (χ1v) is 9.79. The maximum Gasteiger partial charge on any atom is 0.266 e. The van der Waals surface area contributed by atoms with Gasteiger partial charge in [0.1, 0.15) is 10.1 Å². The fraction of sp³-hybridized carbons (Fsp3) is 0.100. The lowest BCUT2D eigenvalue weighted by Crippen LogP contribution is -2.41. The van der Waals surface area contributed by atoms with Crippen LogP contribution in [0.25, 0.3) is 10.8 Å². The molecule has 1 heterocycles. The molecule has 1 aliphatic rings. The van der Waals surface area contributed by atoms with E-state index in [1.54, 1.807) is 25.1 Å². The number of benzene rings is 3. The summed E-state index contributed by atoms with van der Waals surface area (Å²) in [5, 5.41) is 0.440. The van der Waals surface area contributed by atoms with Crippen LogP contribution in [0.15, 0.2) is 47.4 Å². The molecule has 2 N–H and O–H groups in total. The molecule has 3 aromatic rings. The Labute approximate surface area is 161 Å². The van der Waals surface area contributed by atoms with E-state index in [0.29, 0.717) is 11.3 Å². The van der Waals surface area contributed by atoms with Gasteiger partial charge in [-0.05, 0) is 37.6 Å². The van der Waals surface area contributed by atoms with E-state index in [9.17, 15) is 22.6 Å². The second kappa shape index (κ2) is 5.88. The van der Waals surface area contributed by atoms with Gasteiger partial charge in [-0.2, -0.15) is 0 Å². The number of nitrogens with zero attached hydrogens (tertiary/aromatic N) is 1. The van der Waals surface area contributed by atoms with E-state index in [2.05, 4.69) is 0 Å². The highest BCUT2D eigenvalue weighted by atomic mass is 32.2. The number of anilines is 2. The van der Waals surface area contributed by atoms with Crippen molar-refractivity contribution in [2.75, 3.05) is 10.6 Å². The van der Waals surface area contributed by atoms with Gasteiger partial charge in [-0.1, -0.05) is 29.8 Å². The average Bonchev–Trinajstić information content (AvgIpc) is 2.61. The number of carbonyl (C=O) groups is 2. The van der Waals surface area contributed by atoms with Crippen LogP contribution in [-0.4, -0.2) is 24.8 Å². The van der Waals surface area contributed by atoms with Crippen molar-refractivity contribution in [3.8, 4) is 0 Å². The summed E-state index contributed by atoms with van der Waals surface area (Å²) in [5.41, 5.74) is 7.86. The van der Waals surface area contributed by atoms with Crippen LogP contribution in [0.3, 0.4) is 0 Å². The van der Waals surface area contributed by atoms with Crippen LogP contribution in [0.5, 0.6) is 0 Å². The zero-order valence-corrected chi connectivity index (χ0v) is 15.8. The van der Waals surface area contributed by atoms with Crippen molar-refractivity contribution in [3.05, 3.63) is 64.7 Å². The molecule has 0 bridgehead atoms. The van der Waals surface area contributed by atoms with Crippen LogP contribution in [0, 0.1) is 13.8 Å². The lowest BCUT2D eigenvalue weighted by Gasteiger charge is -2.29. The molecule has 28 heavy (non-hydrogen) atoms. The predicted molar refractivity (Wildman–Crippen MR) is 103 cm³/mol. The Kier molecular flexibility index (Phi) is 3.81. The molecule has 0 aromatic heterocycles. The van der Waals surface area contributed by atoms with Crippen molar-refractivity contribution in [1.29, 1.82) is 0 Å². The highest BCUT2D eigenvalue weighted by molar-refractivity contribution is 7.86. The van der Waals surface area contributed by atoms with Crippen LogP contribution >= 0.6 is 0 Å². The molecular weight excluding hydrogens is 380 g/mol. The number of carbonyl (C=O) groups excluding carboxylic acids is 2. The van der Waals surface area contributed by atoms with Gasteiger partial charge in [0.2, 0.25) is 0 Å². The fourth-order valence-corrected chi connectivity index (χ4v) is 4.28. The Hall–Kier alpha value is -3.23. The zero-order valence-electron chi connectivity index (χ0n) is 15.0. The summed E-state index contributed by atoms with van der Waals surface area (Å²) in [6, 6.07) is 10.8. The molecule has 3 aromatic carbocycles. The summed E-state index contributed by atoms with van der Waals surface area (Å²) in [5.74, 6) is -1.24. The third-order valence-electron chi connectivity index (χ3n) is 4.89. The predicted octanol–water partition coefficient (Wildman–Crippen LogP) is 2.74. The number of imide groups is 1. The van der Waals surface area contributed by atoms with Gasteiger partial charge in [0.05, 0.1) is 21.8 Å². The number of rotatable bonds is 2. The van der Waals surface area contributed by atoms with E-state index in [-0.39, 0.29) is 27.6 Å². The summed E-state index contributed by atoms with van der Waals surface area (Å²) in [7, 11) is -4.91. The lowest BCUT2D eigenvalue weighted by atomic mass is 9.92. The minimum absolute atomic E-state index is 0.0474. The van der Waals surface area contributed by atoms with Crippen molar-refractivity contribution in [2.24, 2.45) is 0 Å². The second-order valence-electron chi connectivity index (χ2n) is 6.75. The monoisotopic (exact) mass is 395 g/mol. The summed E-state index contributed by atoms with van der Waals surface area (Å²) in [4.78, 5) is 26.7. The number of aryl methyl sites for hydroxylation is 2. The fourth-order valence-electron chi connectivity index (χ4n) is 3.64. The van der Waals surface area contributed by atoms with Crippen LogP contribution in [-0.2, 0) is 10.1 Å². The first-order chi connectivity index (χ1) is 13.1. The quantitative estimate of drug-likeness (QED) is 0.405. The van der Waals surface area contributed by atoms with Crippen molar-refractivity contribution in [2.45, 2.75) is 18.7 Å². The van der Waals surface area contributed by atoms with Crippen molar-refractivity contribution in [1.82, 2.24) is 0 Å². The Bertz CT molecular complexity index is 1310. The third-order valence-corrected chi connectivity index (χ3v) is 5.77. The lowest BCUT2D eigenvalue weighted by molar-refractivity contribution is 0.0893. The van der Waals surface area contributed by atoms with E-state index in [0.717, 1.165) is 16.5 Å². The molecule has 1 aliphatic heterocycles. The van der Waals surface area contributed by atoms with Crippen LogP contribution in [0.2, 0.25) is 0 Å². The van der Waals surface area contributed by atoms with Gasteiger partial charge in [-0.15, -0.1) is 0 Å². The van der Waals surface area contributed by atoms with Gasteiger partial charge >= 0.3 is 0 Å². The molecule has 0 atom stereocenters. The molecule has 0 saturated carbocycles. The van der Waals surface area contributed by atoms with Crippen LogP contribution < -0.4 is 10.6 Å². The molecule has 0 saturated heterocycles. The smallest absolute Gasteiger partial charge is 0.266 e. The summed E-state index contributed by atoms with van der Waals surface area (Å²) < 4.78 is 35.0. The summed E-state index contributed by atoms with van der Waals surface area (Å²) >= 11 is 0. The molecule has 4 rings (SSSR count). The standard InChI is InChI=1S/C20H16N2O5S/c1-10-6-7-15(11(2)8-10)22-19(23)13-5-3-4-12-17(13)14(20(22)24)9-16(18(12)21)28(25,26)27/h3-9H,21H2,1-2H3,(H,25,26,27)/p-1. The molecule has 0 fully saturated rings. The zero-order chi connectivity index (χ0) is 20.4. The van der Waals surface area contributed by atoms with Gasteiger partial charge in [0, 0.05) is 16.3 Å². The van der Waals surface area contributed by atoms with E-state index in [1.807, 2.05) is 13.0 Å². The van der Waals surface area contributed by atoms with Gasteiger partial charge in [-0.25, -0.2) is 13.3 Å². The van der Waals surface area contributed by atoms with E-state index < -0.39 is 26.8 Å². The second-order valence-corrected chi connectivity index (χ2v) is 8.10. The van der Waals surface area contributed by atoms with Crippen LogP contribution in [0.1, 0.15) is 31.8 Å². The van der Waals surface area contributed by atoms with Crippen molar-refractivity contribution in [3.63, 3.8) is 0 Å². The first-order valence-electron chi connectivity index (χ1n) is 8.38. The van der Waals surface area contributed by atoms with E-state index in [4.69, 9.17) is 5.73 Å². The maximum absolute atomic E-state index is 13.2. The number of nitrogen functional groups attached to an aromatic ring is 1. The molecule has 142 valence electrons. The number of amides is 2. The summed E-state index contributed by atoms with van der Waals surface area (Å²) in [6.07, 6.45) is 0. The Morgan fingerprint density at radius 1 is 0.964 bits per heavy atom. The Morgan fingerprint density at radius 2 is 1.64 bits per heavy atom. The minimum Gasteiger partial charge on any atom is -0.744 e. The molecule has 0 aliphatic carbocycles. The molecular formula is C20H15N2O5S-. The Balaban J connectivity index is 2.07. The third kappa shape index (κ3) is 2.49. The van der Waals surface area contributed by atoms with Gasteiger partial charge in [0.15, 0.2) is 0 Å². The van der Waals surface area contributed by atoms with E-state index in [1.165, 1.54) is 12.1 Å². The van der Waals surface area contributed by atoms with Gasteiger partial charge in [-0.3, -0.25) is 9.59 Å². The van der Waals surface area contributed by atoms with E-state index >= 15 is 0 Å². The number of hydrogen-bond donors (Lipinski definition) is 1. The average molecular weight is 395 g/mol. The topological polar surface area (TPSA) is 121 Å². The van der Waals surface area contributed by atoms with Gasteiger partial charge < -0.3 is 10.3 Å². The maximum atomic E-state index is 13.2. The molecule has 7 nitrogen and oxygen atoms in total. The number of hydrogen-bond acceptors (Lipinski definition) is 6. The largest absolute Gasteiger partial charge is 0.744 e. The normalized spacial score (nSPS) is 14.0. The molecule has 0 spiro atoms. The highest BCUT2D eigenvalue weighted by Gasteiger charge is 2.36. The van der Waals surface area contributed by atoms with Crippen molar-refractivity contribution >= 4 is 44.1 Å². The number of nitrogens with two attached hydrogens (primary N) is 1. The minimum atomic E-state index is -4.91. The van der Waals surface area contributed by atoms with Crippen molar-refractivity contribution < 1.29 is 22.6 Å². The van der Waals surface area contributed by atoms with Crippen LogP contribution in [0.4, 0.5) is 11.4 Å².